The molecule has 1 rings (SSSR count). The monoisotopic (exact) mass is 193 g/mol. The molecule has 0 aromatic rings. The predicted molar refractivity (Wildman–Crippen MR) is 54.2 cm³/mol. The molecule has 1 aliphatic rings. The Morgan fingerprint density at radius 1 is 1.36 bits per heavy atom. The molecule has 1 aliphatic carbocycles. The maximum Gasteiger partial charge on any atom is 0.0533 e. The van der Waals surface area contributed by atoms with E-state index in [2.05, 4.69) is 23.9 Å². The molecule has 1 saturated carbocycles. The molecule has 2 nitrogen and oxygen atoms in total. The Morgan fingerprint density at radius 3 is 2.73 bits per heavy atom. The Kier molecular flexibility index (Phi) is 4.87. The van der Waals surface area contributed by atoms with E-state index in [4.69, 9.17) is 4.52 Å². The van der Waals surface area contributed by atoms with E-state index in [1.165, 1.54) is 19.3 Å². The van der Waals surface area contributed by atoms with Gasteiger partial charge in [0.1, 0.15) is 0 Å². The summed E-state index contributed by atoms with van der Waals surface area (Å²) in [6, 6.07) is 0. The third-order valence-corrected chi connectivity index (χ3v) is 2.93. The Hall–Kier alpha value is 0.780. The van der Waals surface area contributed by atoms with Crippen molar-refractivity contribution in [2.75, 3.05) is 13.2 Å². The number of nitrogens with one attached hydrogen (secondary N) is 1. The van der Waals surface area contributed by atoms with Crippen LogP contribution in [-0.4, -0.2) is 13.2 Å². The van der Waals surface area contributed by atoms with Gasteiger partial charge in [0, 0.05) is 16.0 Å². The van der Waals surface area contributed by atoms with Crippen LogP contribution in [0.3, 0.4) is 0 Å². The van der Waals surface area contributed by atoms with Gasteiger partial charge >= 0.3 is 0 Å². The molecule has 0 heterocycles. The first-order valence-corrected chi connectivity index (χ1v) is 5.18. The highest BCUT2D eigenvalue weighted by atomic mass is 31.0. The smallest absolute Gasteiger partial charge is 0.0533 e. The van der Waals surface area contributed by atoms with E-state index in [9.17, 15) is 0 Å². The molecule has 0 aromatic carbocycles. The predicted octanol–water partition coefficient (Wildman–Crippen LogP) is 1.59. The molecule has 0 bridgehead atoms. The van der Waals surface area contributed by atoms with Gasteiger partial charge in [-0.1, -0.05) is 15.8 Å². The van der Waals surface area contributed by atoms with Crippen LogP contribution in [0.5, 0.6) is 0 Å². The number of hydrogen-bond donors (Lipinski definition) is 1. The zero-order valence-corrected chi connectivity index (χ0v) is 9.06. The summed E-state index contributed by atoms with van der Waals surface area (Å²) in [6.07, 6.45) is 4.07. The van der Waals surface area contributed by atoms with Gasteiger partial charge in [-0.2, -0.15) is 0 Å². The van der Waals surface area contributed by atoms with Crippen molar-refractivity contribution in [1.29, 1.82) is 0 Å². The van der Waals surface area contributed by atoms with Crippen LogP contribution in [-0.2, 0) is 4.52 Å². The Bertz CT molecular complexity index is 101. The van der Waals surface area contributed by atoms with Crippen LogP contribution in [0.4, 0.5) is 0 Å². The average molecular weight is 193 g/mol. The van der Waals surface area contributed by atoms with E-state index < -0.39 is 0 Å². The van der Waals surface area contributed by atoms with Crippen LogP contribution in [0.1, 0.15) is 19.3 Å². The summed E-state index contributed by atoms with van der Waals surface area (Å²) >= 11 is 0. The normalized spacial score (nSPS) is 31.1. The number of hydrogen-bond acceptors (Lipinski definition) is 2. The number of rotatable bonds is 4. The lowest BCUT2D eigenvalue weighted by Gasteiger charge is -2.17. The summed E-state index contributed by atoms with van der Waals surface area (Å²) in [5.74, 6) is 1.61. The van der Waals surface area contributed by atoms with Crippen molar-refractivity contribution in [3.63, 3.8) is 0 Å². The molecular weight excluding hydrogens is 176 g/mol. The molecule has 4 atom stereocenters. The van der Waals surface area contributed by atoms with Crippen molar-refractivity contribution in [3.8, 4) is 0 Å². The molecule has 0 aromatic heterocycles. The van der Waals surface area contributed by atoms with E-state index in [0.717, 1.165) is 25.0 Å². The third kappa shape index (κ3) is 2.95. The maximum atomic E-state index is 5.08. The lowest BCUT2D eigenvalue weighted by molar-refractivity contribution is 0.242. The molecule has 0 radical (unpaired) electrons. The average Bonchev–Trinajstić information content (AvgIpc) is 2.39. The van der Waals surface area contributed by atoms with E-state index in [1.807, 2.05) is 0 Å². The van der Waals surface area contributed by atoms with Crippen molar-refractivity contribution in [3.05, 3.63) is 0 Å². The van der Waals surface area contributed by atoms with E-state index in [0.29, 0.717) is 0 Å². The van der Waals surface area contributed by atoms with Gasteiger partial charge in [0.2, 0.25) is 0 Å². The second kappa shape index (κ2) is 5.43. The molecule has 1 N–H and O–H groups in total. The van der Waals surface area contributed by atoms with Crippen LogP contribution in [0.25, 0.3) is 0 Å². The minimum absolute atomic E-state index is 0.778. The molecule has 2 unspecified atom stereocenters. The second-order valence-corrected chi connectivity index (χ2v) is 3.93. The third-order valence-electron chi connectivity index (χ3n) is 2.51. The summed E-state index contributed by atoms with van der Waals surface area (Å²) < 4.78 is 5.08. The summed E-state index contributed by atoms with van der Waals surface area (Å²) in [5, 5.41) is 3.15. The van der Waals surface area contributed by atoms with Crippen LogP contribution < -0.4 is 5.09 Å². The topological polar surface area (TPSA) is 21.3 Å². The lowest BCUT2D eigenvalue weighted by atomic mass is 9.97. The highest BCUT2D eigenvalue weighted by Crippen LogP contribution is 2.31. The summed E-state index contributed by atoms with van der Waals surface area (Å²) in [5.41, 5.74) is 0. The Morgan fingerprint density at radius 2 is 2.09 bits per heavy atom. The molecule has 11 heavy (non-hydrogen) atoms. The Labute approximate surface area is 73.4 Å². The molecule has 66 valence electrons. The van der Waals surface area contributed by atoms with Crippen molar-refractivity contribution in [1.82, 2.24) is 5.09 Å². The van der Waals surface area contributed by atoms with Crippen LogP contribution >= 0.6 is 18.9 Å². The highest BCUT2D eigenvalue weighted by molar-refractivity contribution is 7.13. The minimum atomic E-state index is 0.778. The van der Waals surface area contributed by atoms with Crippen LogP contribution in [0.15, 0.2) is 0 Å². The van der Waals surface area contributed by atoms with Crippen molar-refractivity contribution in [2.45, 2.75) is 19.3 Å². The highest BCUT2D eigenvalue weighted by Gasteiger charge is 2.26. The van der Waals surface area contributed by atoms with E-state index >= 15 is 0 Å². The minimum Gasteiger partial charge on any atom is -0.365 e. The first-order valence-electron chi connectivity index (χ1n) is 4.13. The molecule has 0 spiro atoms. The van der Waals surface area contributed by atoms with E-state index in [-0.39, 0.29) is 0 Å². The second-order valence-electron chi connectivity index (χ2n) is 3.19. The largest absolute Gasteiger partial charge is 0.365 e. The first-order chi connectivity index (χ1) is 5.38. The standard InChI is InChI=1S/C7H17NOP2/c10-8-4-6-2-1-3-7(6)5-9-11/h6-8H,1-5,10-11H2/t6-,7+/m1/s1. The van der Waals surface area contributed by atoms with Gasteiger partial charge in [-0.3, -0.25) is 0 Å². The summed E-state index contributed by atoms with van der Waals surface area (Å²) in [7, 11) is 4.90. The fraction of sp³-hybridized carbons (Fsp3) is 1.00. The van der Waals surface area contributed by atoms with Crippen molar-refractivity contribution >= 4 is 18.9 Å². The van der Waals surface area contributed by atoms with E-state index in [1.54, 1.807) is 0 Å². The lowest BCUT2D eigenvalue weighted by Crippen LogP contribution is -2.21. The molecule has 0 aliphatic heterocycles. The van der Waals surface area contributed by atoms with Gasteiger partial charge in [-0.05, 0) is 24.7 Å². The van der Waals surface area contributed by atoms with Gasteiger partial charge < -0.3 is 9.61 Å². The Balaban J connectivity index is 2.25. The first kappa shape index (κ1) is 9.86. The van der Waals surface area contributed by atoms with Crippen LogP contribution in [0.2, 0.25) is 0 Å². The molecule has 1 fully saturated rings. The van der Waals surface area contributed by atoms with Crippen molar-refractivity contribution < 1.29 is 4.52 Å². The fourth-order valence-corrected chi connectivity index (χ4v) is 2.43. The maximum absolute atomic E-state index is 5.08. The SMILES string of the molecule is PNC[C@H]1CCC[C@H]1COP. The molecular formula is C7H17NOP2. The van der Waals surface area contributed by atoms with Gasteiger partial charge in [0.25, 0.3) is 0 Å². The summed E-state index contributed by atoms with van der Waals surface area (Å²) in [4.78, 5) is 0. The van der Waals surface area contributed by atoms with Gasteiger partial charge in [-0.25, -0.2) is 0 Å². The summed E-state index contributed by atoms with van der Waals surface area (Å²) in [6.45, 7) is 2.02. The molecule has 0 amide bonds. The zero-order chi connectivity index (χ0) is 8.10. The van der Waals surface area contributed by atoms with Crippen molar-refractivity contribution in [2.24, 2.45) is 11.8 Å². The quantitative estimate of drug-likeness (QED) is 0.684. The fourth-order valence-electron chi connectivity index (χ4n) is 1.88. The van der Waals surface area contributed by atoms with Gasteiger partial charge in [0.05, 0.1) is 6.61 Å². The zero-order valence-electron chi connectivity index (χ0n) is 6.75. The molecule has 0 saturated heterocycles. The molecule has 4 heteroatoms. The van der Waals surface area contributed by atoms with Gasteiger partial charge in [-0.15, -0.1) is 0 Å². The van der Waals surface area contributed by atoms with Crippen LogP contribution in [0, 0.1) is 11.8 Å². The van der Waals surface area contributed by atoms with Gasteiger partial charge in [0.15, 0.2) is 0 Å².